The summed E-state index contributed by atoms with van der Waals surface area (Å²) in [4.78, 5) is 22.9. The minimum atomic E-state index is -0.739. The second kappa shape index (κ2) is 7.85. The zero-order chi connectivity index (χ0) is 16.0. The van der Waals surface area contributed by atoms with Crippen molar-refractivity contribution in [1.82, 2.24) is 0 Å². The quantitative estimate of drug-likeness (QED) is 0.457. The van der Waals surface area contributed by atoms with Gasteiger partial charge in [-0.3, -0.25) is 0 Å². The molecule has 0 unspecified atom stereocenters. The number of ether oxygens (including phenoxy) is 2. The van der Waals surface area contributed by atoms with Crippen molar-refractivity contribution in [3.05, 3.63) is 38.1 Å². The Labute approximate surface area is 139 Å². The van der Waals surface area contributed by atoms with Gasteiger partial charge < -0.3 is 14.8 Å². The Balaban J connectivity index is 3.19. The van der Waals surface area contributed by atoms with E-state index >= 15 is 0 Å². The zero-order valence-corrected chi connectivity index (χ0v) is 14.0. The lowest BCUT2D eigenvalue weighted by atomic mass is 10.2. The highest BCUT2D eigenvalue weighted by Crippen LogP contribution is 2.27. The molecule has 1 N–H and O–H groups in total. The second-order valence-corrected chi connectivity index (χ2v) is 5.19. The van der Waals surface area contributed by atoms with Crippen LogP contribution in [0.2, 0.25) is 5.02 Å². The van der Waals surface area contributed by atoms with E-state index < -0.39 is 11.9 Å². The van der Waals surface area contributed by atoms with Crippen LogP contribution >= 0.6 is 34.2 Å². The number of nitrogens with one attached hydrogen (secondary N) is 1. The summed E-state index contributed by atoms with van der Waals surface area (Å²) in [6.45, 7) is 0. The molecule has 8 heteroatoms. The number of carbonyl (C=O) groups excluding carboxylic acids is 2. The molecule has 0 atom stereocenters. The number of anilines is 1. The minimum Gasteiger partial charge on any atom is -0.466 e. The van der Waals surface area contributed by atoms with E-state index in [4.69, 9.17) is 16.9 Å². The topological polar surface area (TPSA) is 88.4 Å². The van der Waals surface area contributed by atoms with E-state index in [1.807, 2.05) is 28.7 Å². The fourth-order valence-electron chi connectivity index (χ4n) is 1.31. The molecule has 0 fully saturated rings. The summed E-state index contributed by atoms with van der Waals surface area (Å²) in [5.41, 5.74) is 0.659. The van der Waals surface area contributed by atoms with Gasteiger partial charge in [-0.1, -0.05) is 11.6 Å². The molecule has 0 bridgehead atoms. The Morgan fingerprint density at radius 3 is 2.57 bits per heavy atom. The van der Waals surface area contributed by atoms with Gasteiger partial charge in [-0.25, -0.2) is 9.59 Å². The largest absolute Gasteiger partial charge is 0.466 e. The fraction of sp³-hybridized carbons (Fsp3) is 0.154. The monoisotopic (exact) mass is 420 g/mol. The van der Waals surface area contributed by atoms with Crippen molar-refractivity contribution < 1.29 is 19.1 Å². The highest BCUT2D eigenvalue weighted by molar-refractivity contribution is 14.1. The Kier molecular flexibility index (Phi) is 6.45. The molecule has 0 spiro atoms. The standard InChI is InChI=1S/C13H10ClIN2O4/c1-20-12(18)5-11(13(19)21-2)17-10-4-8(14)7(6-16)3-9(10)15/h3-5,17H,1-2H3/b11-5+. The number of hydrogen-bond acceptors (Lipinski definition) is 6. The molecule has 0 saturated heterocycles. The minimum absolute atomic E-state index is 0.108. The number of nitrogens with zero attached hydrogens (tertiary/aromatic N) is 1. The van der Waals surface area contributed by atoms with Crippen LogP contribution in [-0.2, 0) is 19.1 Å². The van der Waals surface area contributed by atoms with Gasteiger partial charge in [0.1, 0.15) is 11.8 Å². The molecule has 0 heterocycles. The Hall–Kier alpha value is -1.79. The van der Waals surface area contributed by atoms with E-state index in [2.05, 4.69) is 14.8 Å². The van der Waals surface area contributed by atoms with Gasteiger partial charge in [0.15, 0.2) is 0 Å². The first-order chi connectivity index (χ1) is 9.92. The molecule has 0 saturated carbocycles. The van der Waals surface area contributed by atoms with Crippen molar-refractivity contribution in [1.29, 1.82) is 5.26 Å². The summed E-state index contributed by atoms with van der Waals surface area (Å²) in [7, 11) is 2.38. The first kappa shape index (κ1) is 17.3. The highest BCUT2D eigenvalue weighted by Gasteiger charge is 2.15. The third-order valence-corrected chi connectivity index (χ3v) is 3.52. The molecule has 0 aliphatic rings. The fourth-order valence-corrected chi connectivity index (χ4v) is 2.11. The first-order valence-corrected chi connectivity index (χ1v) is 6.92. The van der Waals surface area contributed by atoms with Crippen molar-refractivity contribution in [2.75, 3.05) is 19.5 Å². The lowest BCUT2D eigenvalue weighted by Gasteiger charge is -2.11. The predicted octanol–water partition coefficient (Wildman–Crippen LogP) is 2.46. The maximum Gasteiger partial charge on any atom is 0.354 e. The molecular formula is C13H10ClIN2O4. The van der Waals surface area contributed by atoms with Crippen LogP contribution in [0, 0.1) is 14.9 Å². The van der Waals surface area contributed by atoms with Gasteiger partial charge in [0.2, 0.25) is 0 Å². The molecule has 1 rings (SSSR count). The number of hydrogen-bond donors (Lipinski definition) is 1. The van der Waals surface area contributed by atoms with Crippen LogP contribution in [0.15, 0.2) is 23.9 Å². The van der Waals surface area contributed by atoms with E-state index in [1.165, 1.54) is 20.3 Å². The van der Waals surface area contributed by atoms with Crippen molar-refractivity contribution in [3.63, 3.8) is 0 Å². The van der Waals surface area contributed by atoms with Crippen molar-refractivity contribution in [3.8, 4) is 6.07 Å². The highest BCUT2D eigenvalue weighted by atomic mass is 127. The van der Waals surface area contributed by atoms with Crippen molar-refractivity contribution in [2.24, 2.45) is 0 Å². The summed E-state index contributed by atoms with van der Waals surface area (Å²) in [5.74, 6) is -1.45. The molecule has 6 nitrogen and oxygen atoms in total. The smallest absolute Gasteiger partial charge is 0.354 e. The van der Waals surface area contributed by atoms with Crippen LogP contribution < -0.4 is 5.32 Å². The van der Waals surface area contributed by atoms with Gasteiger partial charge in [0, 0.05) is 3.57 Å². The number of carbonyl (C=O) groups is 2. The van der Waals surface area contributed by atoms with Crippen LogP contribution in [0.3, 0.4) is 0 Å². The Bertz CT molecular complexity index is 652. The molecule has 1 aromatic rings. The summed E-state index contributed by atoms with van der Waals surface area (Å²) < 4.78 is 9.70. The first-order valence-electron chi connectivity index (χ1n) is 5.47. The molecule has 0 radical (unpaired) electrons. The number of benzene rings is 1. The van der Waals surface area contributed by atoms with Crippen LogP contribution in [0.25, 0.3) is 0 Å². The third-order valence-electron chi connectivity index (χ3n) is 2.32. The van der Waals surface area contributed by atoms with Gasteiger partial charge in [0.25, 0.3) is 0 Å². The molecule has 0 aliphatic heterocycles. The zero-order valence-electron chi connectivity index (χ0n) is 11.1. The van der Waals surface area contributed by atoms with Crippen molar-refractivity contribution in [2.45, 2.75) is 0 Å². The van der Waals surface area contributed by atoms with Crippen LogP contribution in [0.1, 0.15) is 5.56 Å². The van der Waals surface area contributed by atoms with Gasteiger partial charge in [-0.2, -0.15) is 5.26 Å². The summed E-state index contributed by atoms with van der Waals surface area (Å²) in [6, 6.07) is 4.98. The lowest BCUT2D eigenvalue weighted by molar-refractivity contribution is -0.138. The number of esters is 2. The number of methoxy groups -OCH3 is 2. The molecule has 21 heavy (non-hydrogen) atoms. The van der Waals surface area contributed by atoms with Gasteiger partial charge in [-0.15, -0.1) is 0 Å². The average molecular weight is 421 g/mol. The van der Waals surface area contributed by atoms with Gasteiger partial charge >= 0.3 is 11.9 Å². The molecule has 0 aliphatic carbocycles. The molecule has 0 aromatic heterocycles. The SMILES string of the molecule is COC(=O)/C=C(/Nc1cc(Cl)c(C#N)cc1I)C(=O)OC. The molecule has 110 valence electrons. The Morgan fingerprint density at radius 2 is 2.05 bits per heavy atom. The summed E-state index contributed by atoms with van der Waals surface area (Å²) in [6.07, 6.45) is 0.966. The van der Waals surface area contributed by atoms with Crippen LogP contribution in [0.4, 0.5) is 5.69 Å². The predicted molar refractivity (Wildman–Crippen MR) is 84.6 cm³/mol. The van der Waals surface area contributed by atoms with E-state index in [9.17, 15) is 9.59 Å². The summed E-state index contributed by atoms with van der Waals surface area (Å²) >= 11 is 7.91. The molecule has 1 aromatic carbocycles. The average Bonchev–Trinajstić information content (AvgIpc) is 2.48. The van der Waals surface area contributed by atoms with Crippen LogP contribution in [-0.4, -0.2) is 26.2 Å². The Morgan fingerprint density at radius 1 is 1.38 bits per heavy atom. The lowest BCUT2D eigenvalue weighted by Crippen LogP contribution is -2.16. The molecule has 0 amide bonds. The van der Waals surface area contributed by atoms with E-state index in [0.29, 0.717) is 14.8 Å². The van der Waals surface area contributed by atoms with Gasteiger partial charge in [0.05, 0.1) is 36.6 Å². The third kappa shape index (κ3) is 4.61. The second-order valence-electron chi connectivity index (χ2n) is 3.62. The number of nitriles is 1. The maximum absolute atomic E-state index is 11.6. The molecular weight excluding hydrogens is 411 g/mol. The maximum atomic E-state index is 11.6. The number of halogens is 2. The van der Waals surface area contributed by atoms with E-state index in [1.54, 1.807) is 6.07 Å². The number of rotatable bonds is 4. The van der Waals surface area contributed by atoms with E-state index in [-0.39, 0.29) is 10.7 Å². The van der Waals surface area contributed by atoms with Gasteiger partial charge in [-0.05, 0) is 34.7 Å². The van der Waals surface area contributed by atoms with E-state index in [0.717, 1.165) is 6.08 Å². The normalized spacial score (nSPS) is 10.5. The summed E-state index contributed by atoms with van der Waals surface area (Å²) in [5, 5.41) is 11.9. The van der Waals surface area contributed by atoms with Crippen LogP contribution in [0.5, 0.6) is 0 Å². The van der Waals surface area contributed by atoms with Crippen molar-refractivity contribution >= 4 is 51.8 Å².